The van der Waals surface area contributed by atoms with Gasteiger partial charge in [0.15, 0.2) is 11.7 Å². The van der Waals surface area contributed by atoms with Gasteiger partial charge in [0, 0.05) is 29.9 Å². The third-order valence-corrected chi connectivity index (χ3v) is 7.01. The number of sulfonamides is 1. The Morgan fingerprint density at radius 1 is 1.19 bits per heavy atom. The summed E-state index contributed by atoms with van der Waals surface area (Å²) in [6.45, 7) is 2.90. The monoisotopic (exact) mass is 450 g/mol. The van der Waals surface area contributed by atoms with E-state index in [1.165, 1.54) is 0 Å². The van der Waals surface area contributed by atoms with Gasteiger partial charge in [0.05, 0.1) is 5.92 Å². The van der Waals surface area contributed by atoms with Crippen LogP contribution >= 0.6 is 0 Å². The van der Waals surface area contributed by atoms with E-state index in [1.54, 1.807) is 24.3 Å². The van der Waals surface area contributed by atoms with E-state index in [9.17, 15) is 13.2 Å². The summed E-state index contributed by atoms with van der Waals surface area (Å²) in [7, 11) is -3.69. The first-order valence-electron chi connectivity index (χ1n) is 10.4. The smallest absolute Gasteiger partial charge is 0.285 e. The molecule has 1 atom stereocenters. The SMILES string of the molecule is Cc1nc(-c2cccc(NC(=O)C3CCCN(C4=NS(=O)(=O)c5ccccc54)C3)c2)n[nH]1. The molecule has 3 aromatic rings. The van der Waals surface area contributed by atoms with E-state index in [1.807, 2.05) is 36.1 Å². The van der Waals surface area contributed by atoms with Crippen molar-refractivity contribution < 1.29 is 13.2 Å². The molecular formula is C22H22N6O3S. The predicted molar refractivity (Wildman–Crippen MR) is 120 cm³/mol. The molecule has 1 aromatic heterocycles. The molecule has 1 unspecified atom stereocenters. The number of hydrogen-bond donors (Lipinski definition) is 2. The Hall–Kier alpha value is -3.53. The number of rotatable bonds is 3. The van der Waals surface area contributed by atoms with Crippen molar-refractivity contribution in [3.63, 3.8) is 0 Å². The van der Waals surface area contributed by atoms with Gasteiger partial charge < -0.3 is 10.2 Å². The maximum absolute atomic E-state index is 13.0. The number of likely N-dealkylation sites (tertiary alicyclic amines) is 1. The molecule has 1 fully saturated rings. The van der Waals surface area contributed by atoms with E-state index in [0.717, 1.165) is 24.2 Å². The Morgan fingerprint density at radius 2 is 2.03 bits per heavy atom. The van der Waals surface area contributed by atoms with Crippen LogP contribution in [0.4, 0.5) is 5.69 Å². The number of H-pyrrole nitrogens is 1. The molecule has 5 rings (SSSR count). The lowest BCUT2D eigenvalue weighted by Gasteiger charge is -2.33. The highest BCUT2D eigenvalue weighted by Gasteiger charge is 2.35. The number of hydrogen-bond acceptors (Lipinski definition) is 6. The summed E-state index contributed by atoms with van der Waals surface area (Å²) >= 11 is 0. The zero-order valence-electron chi connectivity index (χ0n) is 17.4. The second-order valence-corrected chi connectivity index (χ2v) is 9.56. The van der Waals surface area contributed by atoms with Gasteiger partial charge >= 0.3 is 0 Å². The molecule has 9 nitrogen and oxygen atoms in total. The lowest BCUT2D eigenvalue weighted by atomic mass is 9.96. The molecule has 2 aliphatic rings. The Balaban J connectivity index is 1.32. The number of benzene rings is 2. The van der Waals surface area contributed by atoms with Crippen molar-refractivity contribution in [3.05, 3.63) is 59.9 Å². The van der Waals surface area contributed by atoms with Crippen LogP contribution in [0, 0.1) is 12.8 Å². The largest absolute Gasteiger partial charge is 0.355 e. The van der Waals surface area contributed by atoms with Gasteiger partial charge in [-0.25, -0.2) is 4.98 Å². The number of carbonyl (C=O) groups is 1. The fourth-order valence-electron chi connectivity index (χ4n) is 4.15. The van der Waals surface area contributed by atoms with Gasteiger partial charge in [0.1, 0.15) is 10.7 Å². The summed E-state index contributed by atoms with van der Waals surface area (Å²) in [6.07, 6.45) is 1.50. The fraction of sp³-hybridized carbons (Fsp3) is 0.273. The molecule has 0 bridgehead atoms. The van der Waals surface area contributed by atoms with Crippen LogP contribution in [0.15, 0.2) is 57.8 Å². The zero-order valence-corrected chi connectivity index (χ0v) is 18.3. The molecule has 164 valence electrons. The molecule has 0 saturated carbocycles. The maximum atomic E-state index is 13.0. The van der Waals surface area contributed by atoms with Crippen molar-refractivity contribution in [3.8, 4) is 11.4 Å². The van der Waals surface area contributed by atoms with Crippen LogP contribution < -0.4 is 5.32 Å². The number of aryl methyl sites for hydroxylation is 1. The van der Waals surface area contributed by atoms with E-state index < -0.39 is 10.0 Å². The number of aromatic amines is 1. The molecule has 32 heavy (non-hydrogen) atoms. The van der Waals surface area contributed by atoms with Crippen molar-refractivity contribution >= 4 is 27.5 Å². The molecule has 0 radical (unpaired) electrons. The van der Waals surface area contributed by atoms with Crippen LogP contribution in [0.1, 0.15) is 24.2 Å². The first kappa shape index (κ1) is 20.4. The van der Waals surface area contributed by atoms with E-state index in [-0.39, 0.29) is 16.7 Å². The van der Waals surface area contributed by atoms with Crippen molar-refractivity contribution in [1.29, 1.82) is 0 Å². The maximum Gasteiger partial charge on any atom is 0.285 e. The van der Waals surface area contributed by atoms with Gasteiger partial charge in [-0.05, 0) is 44.0 Å². The molecular weight excluding hydrogens is 428 g/mol. The lowest BCUT2D eigenvalue weighted by molar-refractivity contribution is -0.121. The van der Waals surface area contributed by atoms with Gasteiger partial charge in [-0.1, -0.05) is 24.3 Å². The molecule has 1 saturated heterocycles. The third-order valence-electron chi connectivity index (χ3n) is 5.69. The van der Waals surface area contributed by atoms with E-state index >= 15 is 0 Å². The number of carbonyl (C=O) groups excluding carboxylic acids is 1. The second-order valence-electron chi connectivity index (χ2n) is 7.99. The van der Waals surface area contributed by atoms with Crippen LogP contribution in [-0.4, -0.2) is 53.3 Å². The topological polar surface area (TPSA) is 120 Å². The minimum atomic E-state index is -3.69. The molecule has 2 aromatic carbocycles. The predicted octanol–water partition coefficient (Wildman–Crippen LogP) is 2.58. The molecule has 10 heteroatoms. The minimum absolute atomic E-state index is 0.104. The Kier molecular flexibility index (Phi) is 5.01. The minimum Gasteiger partial charge on any atom is -0.355 e. The number of nitrogens with zero attached hydrogens (tertiary/aromatic N) is 4. The number of amidine groups is 1. The first-order valence-corrected chi connectivity index (χ1v) is 11.8. The average Bonchev–Trinajstić information content (AvgIpc) is 3.35. The van der Waals surface area contributed by atoms with Crippen LogP contribution in [0.2, 0.25) is 0 Å². The molecule has 0 spiro atoms. The standard InChI is InChI=1S/C22H22N6O3S/c1-14-23-20(26-25-14)15-6-4-8-17(12-15)24-22(29)16-7-5-11-28(13-16)21-18-9-2-3-10-19(18)32(30,31)27-21/h2-4,6,8-10,12,16H,5,7,11,13H2,1H3,(H,24,29)(H,23,25,26). The second kappa shape index (κ2) is 7.86. The van der Waals surface area contributed by atoms with Crippen LogP contribution in [0.3, 0.4) is 0 Å². The first-order chi connectivity index (χ1) is 15.4. The third kappa shape index (κ3) is 3.77. The highest BCUT2D eigenvalue weighted by atomic mass is 32.2. The summed E-state index contributed by atoms with van der Waals surface area (Å²) in [5.41, 5.74) is 2.07. The van der Waals surface area contributed by atoms with Gasteiger partial charge in [-0.3, -0.25) is 9.89 Å². The number of anilines is 1. The summed E-state index contributed by atoms with van der Waals surface area (Å²) in [5.74, 6) is 1.33. The molecule has 0 aliphatic carbocycles. The van der Waals surface area contributed by atoms with Crippen molar-refractivity contribution in [1.82, 2.24) is 20.1 Å². The van der Waals surface area contributed by atoms with Crippen LogP contribution in [-0.2, 0) is 14.8 Å². The van der Waals surface area contributed by atoms with Gasteiger partial charge in [-0.2, -0.15) is 13.5 Å². The van der Waals surface area contributed by atoms with Crippen LogP contribution in [0.25, 0.3) is 11.4 Å². The summed E-state index contributed by atoms with van der Waals surface area (Å²) < 4.78 is 28.8. The van der Waals surface area contributed by atoms with Gasteiger partial charge in [0.25, 0.3) is 10.0 Å². The quantitative estimate of drug-likeness (QED) is 0.633. The van der Waals surface area contributed by atoms with Gasteiger partial charge in [0.2, 0.25) is 5.91 Å². The Labute approximate surface area is 185 Å². The molecule has 1 amide bonds. The highest BCUT2D eigenvalue weighted by Crippen LogP contribution is 2.30. The molecule has 2 aliphatic heterocycles. The van der Waals surface area contributed by atoms with E-state index in [0.29, 0.717) is 36.0 Å². The van der Waals surface area contributed by atoms with Crippen molar-refractivity contribution in [2.45, 2.75) is 24.7 Å². The summed E-state index contributed by atoms with van der Waals surface area (Å²) in [5, 5.41) is 9.96. The van der Waals surface area contributed by atoms with Crippen molar-refractivity contribution in [2.75, 3.05) is 18.4 Å². The van der Waals surface area contributed by atoms with Crippen molar-refractivity contribution in [2.24, 2.45) is 10.3 Å². The molecule has 2 N–H and O–H groups in total. The fourth-order valence-corrected chi connectivity index (χ4v) is 5.38. The lowest BCUT2D eigenvalue weighted by Crippen LogP contribution is -2.43. The number of fused-ring (bicyclic) bond motifs is 1. The highest BCUT2D eigenvalue weighted by molar-refractivity contribution is 7.90. The average molecular weight is 451 g/mol. The number of nitrogens with one attached hydrogen (secondary N) is 2. The summed E-state index contributed by atoms with van der Waals surface area (Å²) in [6, 6.07) is 14.2. The summed E-state index contributed by atoms with van der Waals surface area (Å²) in [4.78, 5) is 19.5. The number of aromatic nitrogens is 3. The van der Waals surface area contributed by atoms with E-state index in [4.69, 9.17) is 0 Å². The zero-order chi connectivity index (χ0) is 22.3. The van der Waals surface area contributed by atoms with E-state index in [2.05, 4.69) is 24.9 Å². The van der Waals surface area contributed by atoms with Gasteiger partial charge in [-0.15, -0.1) is 4.40 Å². The normalized spacial score (nSPS) is 19.3. The Morgan fingerprint density at radius 3 is 2.84 bits per heavy atom. The molecule has 3 heterocycles. The number of piperidine rings is 1. The number of amides is 1. The Bertz CT molecular complexity index is 1330. The van der Waals surface area contributed by atoms with Crippen LogP contribution in [0.5, 0.6) is 0 Å².